The smallest absolute Gasteiger partial charge is 0.311 e. The van der Waals surface area contributed by atoms with Gasteiger partial charge in [-0.25, -0.2) is 0 Å². The van der Waals surface area contributed by atoms with Crippen LogP contribution in [0.3, 0.4) is 0 Å². The summed E-state index contributed by atoms with van der Waals surface area (Å²) in [5.41, 5.74) is -0.451. The molecule has 0 heterocycles. The molecule has 1 N–H and O–H groups in total. The van der Waals surface area contributed by atoms with Gasteiger partial charge in [0.25, 0.3) is 0 Å². The molecule has 6 atom stereocenters. The Balaban J connectivity index is 2.26. The predicted molar refractivity (Wildman–Crippen MR) is 97.3 cm³/mol. The van der Waals surface area contributed by atoms with Crippen molar-refractivity contribution in [2.45, 2.75) is 60.0 Å². The van der Waals surface area contributed by atoms with Crippen molar-refractivity contribution in [1.29, 1.82) is 0 Å². The summed E-state index contributed by atoms with van der Waals surface area (Å²) in [6.07, 6.45) is 11.5. The number of aliphatic hydroxyl groups is 1. The molecule has 0 aromatic rings. The molecule has 3 nitrogen and oxygen atoms in total. The third-order valence-corrected chi connectivity index (χ3v) is 6.24. The number of fused-ring (bicyclic) bond motifs is 1. The monoisotopic (exact) mass is 334 g/mol. The van der Waals surface area contributed by atoms with Gasteiger partial charge in [-0.05, 0) is 63.7 Å². The predicted octanol–water partition coefficient (Wildman–Crippen LogP) is 4.37. The molecule has 2 rings (SSSR count). The molecule has 0 aromatic heterocycles. The van der Waals surface area contributed by atoms with Crippen LogP contribution in [0.25, 0.3) is 0 Å². The molecule has 24 heavy (non-hydrogen) atoms. The van der Waals surface area contributed by atoms with Crippen LogP contribution in [-0.2, 0) is 9.53 Å². The highest BCUT2D eigenvalue weighted by Crippen LogP contribution is 2.46. The molecule has 1 saturated carbocycles. The quantitative estimate of drug-likeness (QED) is 0.600. The molecule has 3 heteroatoms. The lowest BCUT2D eigenvalue weighted by Crippen LogP contribution is -2.47. The Bertz CT molecular complexity index is 491. The number of allylic oxidation sites excluding steroid dienone is 4. The Morgan fingerprint density at radius 2 is 2.04 bits per heavy atom. The highest BCUT2D eigenvalue weighted by Gasteiger charge is 2.46. The van der Waals surface area contributed by atoms with E-state index in [1.807, 2.05) is 27.7 Å². The zero-order valence-corrected chi connectivity index (χ0v) is 15.9. The van der Waals surface area contributed by atoms with Crippen LogP contribution >= 0.6 is 0 Å². The van der Waals surface area contributed by atoms with Crippen molar-refractivity contribution in [2.75, 3.05) is 6.61 Å². The number of ether oxygens (including phenoxy) is 1. The molecule has 0 unspecified atom stereocenters. The first kappa shape index (κ1) is 19.2. The number of rotatable bonds is 5. The van der Waals surface area contributed by atoms with E-state index in [2.05, 4.69) is 31.2 Å². The average molecular weight is 335 g/mol. The Morgan fingerprint density at radius 1 is 1.33 bits per heavy atom. The molecule has 0 aliphatic heterocycles. The van der Waals surface area contributed by atoms with Crippen LogP contribution in [0.5, 0.6) is 0 Å². The number of esters is 1. The van der Waals surface area contributed by atoms with Crippen molar-refractivity contribution in [2.24, 2.45) is 35.0 Å². The highest BCUT2D eigenvalue weighted by atomic mass is 16.5. The fourth-order valence-corrected chi connectivity index (χ4v) is 4.23. The zero-order chi connectivity index (χ0) is 17.9. The molecule has 0 bridgehead atoms. The summed E-state index contributed by atoms with van der Waals surface area (Å²) in [6, 6.07) is 0. The maximum Gasteiger partial charge on any atom is 0.311 e. The Labute approximate surface area is 147 Å². The number of hydrogen-bond acceptors (Lipinski definition) is 3. The van der Waals surface area contributed by atoms with Gasteiger partial charge in [0.05, 0.1) is 5.41 Å². The van der Waals surface area contributed by atoms with Crippen molar-refractivity contribution in [3.63, 3.8) is 0 Å². The summed E-state index contributed by atoms with van der Waals surface area (Å²) in [7, 11) is 0. The molecule has 1 fully saturated rings. The van der Waals surface area contributed by atoms with Crippen LogP contribution in [0.4, 0.5) is 0 Å². The Morgan fingerprint density at radius 3 is 2.62 bits per heavy atom. The summed E-state index contributed by atoms with van der Waals surface area (Å²) >= 11 is 0. The first-order valence-corrected chi connectivity index (χ1v) is 9.47. The molecule has 0 spiro atoms. The Kier molecular flexibility index (Phi) is 6.30. The second-order valence-corrected chi connectivity index (χ2v) is 8.27. The van der Waals surface area contributed by atoms with Crippen LogP contribution in [-0.4, -0.2) is 23.8 Å². The number of carbonyl (C=O) groups is 1. The Hall–Kier alpha value is -1.09. The summed E-state index contributed by atoms with van der Waals surface area (Å²) in [4.78, 5) is 12.7. The fourth-order valence-electron chi connectivity index (χ4n) is 4.23. The van der Waals surface area contributed by atoms with E-state index in [1.54, 1.807) is 0 Å². The molecule has 0 radical (unpaired) electrons. The molecule has 136 valence electrons. The minimum absolute atomic E-state index is 0.103. The number of aliphatic hydroxyl groups excluding tert-OH is 1. The molecule has 2 aliphatic rings. The van der Waals surface area contributed by atoms with E-state index >= 15 is 0 Å². The lowest BCUT2D eigenvalue weighted by molar-refractivity contribution is -0.170. The average Bonchev–Trinajstić information content (AvgIpc) is 2.55. The topological polar surface area (TPSA) is 46.5 Å². The van der Waals surface area contributed by atoms with E-state index in [1.165, 1.54) is 0 Å². The van der Waals surface area contributed by atoms with E-state index in [-0.39, 0.29) is 30.5 Å². The number of carbonyl (C=O) groups excluding carboxylic acids is 1. The van der Waals surface area contributed by atoms with E-state index in [0.717, 1.165) is 19.3 Å². The SMILES string of the molecule is C/C=C/[C@@H]1C[C@H](OC(=O)C(C)(C)CC)[C@@H]2[C@@H](CO)[C@@H](C)C=C[C@H]2C1. The largest absolute Gasteiger partial charge is 0.462 e. The van der Waals surface area contributed by atoms with Crippen molar-refractivity contribution >= 4 is 5.97 Å². The third-order valence-electron chi connectivity index (χ3n) is 6.24. The van der Waals surface area contributed by atoms with Crippen LogP contribution in [0, 0.1) is 35.0 Å². The van der Waals surface area contributed by atoms with E-state index in [0.29, 0.717) is 17.8 Å². The summed E-state index contributed by atoms with van der Waals surface area (Å²) in [5, 5.41) is 9.94. The lowest BCUT2D eigenvalue weighted by atomic mass is 9.61. The van der Waals surface area contributed by atoms with Gasteiger partial charge >= 0.3 is 5.97 Å². The fraction of sp³-hybridized carbons (Fsp3) is 0.762. The maximum atomic E-state index is 12.7. The van der Waals surface area contributed by atoms with Gasteiger partial charge in [0.2, 0.25) is 0 Å². The first-order valence-electron chi connectivity index (χ1n) is 9.47. The summed E-state index contributed by atoms with van der Waals surface area (Å²) in [5.74, 6) is 1.46. The lowest BCUT2D eigenvalue weighted by Gasteiger charge is -2.47. The van der Waals surface area contributed by atoms with Gasteiger partial charge in [-0.1, -0.05) is 38.2 Å². The molecular formula is C21H34O3. The third kappa shape index (κ3) is 3.93. The molecule has 0 saturated heterocycles. The van der Waals surface area contributed by atoms with Crippen LogP contribution in [0.2, 0.25) is 0 Å². The van der Waals surface area contributed by atoms with Crippen molar-refractivity contribution in [1.82, 2.24) is 0 Å². The summed E-state index contributed by atoms with van der Waals surface area (Å²) < 4.78 is 6.06. The van der Waals surface area contributed by atoms with E-state index in [9.17, 15) is 9.90 Å². The highest BCUT2D eigenvalue weighted by molar-refractivity contribution is 5.76. The van der Waals surface area contributed by atoms with E-state index < -0.39 is 5.41 Å². The second-order valence-electron chi connectivity index (χ2n) is 8.27. The minimum Gasteiger partial charge on any atom is -0.462 e. The molecule has 0 aromatic carbocycles. The van der Waals surface area contributed by atoms with Gasteiger partial charge in [0, 0.05) is 12.5 Å². The standard InChI is InChI=1S/C21H34O3/c1-6-8-15-11-16-10-9-14(3)17(13-22)19(16)18(12-15)24-20(23)21(4,5)7-2/h6,8-10,14-19,22H,7,11-13H2,1-5H3/b8-6+/t14-,15-,16-,17-,18-,19-/m0/s1. The normalized spacial score (nSPS) is 36.6. The summed E-state index contributed by atoms with van der Waals surface area (Å²) in [6.45, 7) is 10.3. The molecule has 0 amide bonds. The van der Waals surface area contributed by atoms with E-state index in [4.69, 9.17) is 4.74 Å². The zero-order valence-electron chi connectivity index (χ0n) is 15.9. The minimum atomic E-state index is -0.451. The van der Waals surface area contributed by atoms with Gasteiger partial charge in [-0.2, -0.15) is 0 Å². The first-order chi connectivity index (χ1) is 11.3. The van der Waals surface area contributed by atoms with Crippen molar-refractivity contribution < 1.29 is 14.6 Å². The number of hydrogen-bond donors (Lipinski definition) is 1. The maximum absolute atomic E-state index is 12.7. The van der Waals surface area contributed by atoms with Crippen LogP contribution in [0.15, 0.2) is 24.3 Å². The van der Waals surface area contributed by atoms with Crippen LogP contribution < -0.4 is 0 Å². The second kappa shape index (κ2) is 7.86. The van der Waals surface area contributed by atoms with Gasteiger partial charge in [-0.15, -0.1) is 0 Å². The van der Waals surface area contributed by atoms with Gasteiger partial charge in [-0.3, -0.25) is 4.79 Å². The van der Waals surface area contributed by atoms with Gasteiger partial charge in [0.1, 0.15) is 6.10 Å². The van der Waals surface area contributed by atoms with Gasteiger partial charge < -0.3 is 9.84 Å². The molecular weight excluding hydrogens is 300 g/mol. The van der Waals surface area contributed by atoms with Gasteiger partial charge in [0.15, 0.2) is 0 Å². The van der Waals surface area contributed by atoms with Crippen molar-refractivity contribution in [3.05, 3.63) is 24.3 Å². The molecule has 2 aliphatic carbocycles. The van der Waals surface area contributed by atoms with Crippen molar-refractivity contribution in [3.8, 4) is 0 Å². The van der Waals surface area contributed by atoms with Crippen LogP contribution in [0.1, 0.15) is 53.9 Å².